The molecule has 2 heterocycles. The molecule has 8 heteroatoms. The van der Waals surface area contributed by atoms with Gasteiger partial charge in [0.1, 0.15) is 12.0 Å². The summed E-state index contributed by atoms with van der Waals surface area (Å²) >= 11 is 0. The molecule has 2 unspecified atom stereocenters. The number of anilines is 1. The van der Waals surface area contributed by atoms with Crippen molar-refractivity contribution in [3.8, 4) is 0 Å². The molecular formula is C20H24F4N4. The summed E-state index contributed by atoms with van der Waals surface area (Å²) in [6.07, 6.45) is 5.00. The van der Waals surface area contributed by atoms with E-state index in [1.54, 1.807) is 10.8 Å². The van der Waals surface area contributed by atoms with Crippen LogP contribution in [-0.4, -0.2) is 35.4 Å². The van der Waals surface area contributed by atoms with E-state index in [2.05, 4.69) is 15.6 Å². The molecule has 28 heavy (non-hydrogen) atoms. The smallest absolute Gasteiger partial charge is 0.194 e. The van der Waals surface area contributed by atoms with Crippen molar-refractivity contribution in [2.45, 2.75) is 32.0 Å². The Bertz CT molecular complexity index is 801. The fraction of sp³-hybridized carbons (Fsp3) is 0.550. The average molecular weight is 396 g/mol. The van der Waals surface area contributed by atoms with E-state index >= 15 is 0 Å². The van der Waals surface area contributed by atoms with Crippen LogP contribution in [0.3, 0.4) is 0 Å². The van der Waals surface area contributed by atoms with E-state index in [1.165, 1.54) is 6.33 Å². The monoisotopic (exact) mass is 396 g/mol. The number of rotatable bonds is 5. The first-order valence-corrected chi connectivity index (χ1v) is 9.73. The van der Waals surface area contributed by atoms with Crippen LogP contribution in [0.5, 0.6) is 0 Å². The van der Waals surface area contributed by atoms with Gasteiger partial charge in [-0.05, 0) is 61.9 Å². The summed E-state index contributed by atoms with van der Waals surface area (Å²) in [5, 5.41) is 6.53. The molecule has 2 N–H and O–H groups in total. The average Bonchev–Trinajstić information content (AvgIpc) is 3.11. The number of hydrogen-bond donors (Lipinski definition) is 2. The standard InChI is InChI=1S/C20H24F4N4/c21-16-6-14-7-25-2-1-13(14)5-15(16)8-26-19-10-28(11-27-19)9-12-3-17(22)20(24)18(23)4-12/h3-4,10-11,13-16,25-26H,1-2,5-9H2/t13?,14-,15?,16-/m1/s1. The number of halogens is 4. The third-order valence-electron chi connectivity index (χ3n) is 6.00. The van der Waals surface area contributed by atoms with Crippen molar-refractivity contribution in [1.82, 2.24) is 14.9 Å². The highest BCUT2D eigenvalue weighted by molar-refractivity contribution is 5.32. The summed E-state index contributed by atoms with van der Waals surface area (Å²) in [6.45, 7) is 2.59. The van der Waals surface area contributed by atoms with Crippen molar-refractivity contribution >= 4 is 5.82 Å². The van der Waals surface area contributed by atoms with E-state index in [4.69, 9.17) is 0 Å². The fourth-order valence-electron chi connectivity index (χ4n) is 4.48. The summed E-state index contributed by atoms with van der Waals surface area (Å²) in [6, 6.07) is 1.94. The fourth-order valence-corrected chi connectivity index (χ4v) is 4.48. The molecular weight excluding hydrogens is 372 g/mol. The van der Waals surface area contributed by atoms with E-state index in [0.717, 1.165) is 38.1 Å². The third-order valence-corrected chi connectivity index (χ3v) is 6.00. The number of hydrogen-bond acceptors (Lipinski definition) is 3. The molecule has 1 aliphatic carbocycles. The third kappa shape index (κ3) is 4.16. The first-order valence-electron chi connectivity index (χ1n) is 9.73. The molecule has 1 saturated carbocycles. The zero-order valence-electron chi connectivity index (χ0n) is 15.5. The van der Waals surface area contributed by atoms with Crippen molar-refractivity contribution in [3.63, 3.8) is 0 Å². The van der Waals surface area contributed by atoms with Gasteiger partial charge in [0.2, 0.25) is 0 Å². The van der Waals surface area contributed by atoms with Crippen molar-refractivity contribution in [3.05, 3.63) is 47.7 Å². The molecule has 4 atom stereocenters. The molecule has 4 nitrogen and oxygen atoms in total. The SMILES string of the molecule is Fc1cc(Cn2cnc(NCC3CC4CCNC[C@H]4C[C@H]3F)c2)cc(F)c1F. The largest absolute Gasteiger partial charge is 0.368 e. The van der Waals surface area contributed by atoms with Crippen LogP contribution >= 0.6 is 0 Å². The molecule has 1 saturated heterocycles. The highest BCUT2D eigenvalue weighted by Gasteiger charge is 2.38. The lowest BCUT2D eigenvalue weighted by Crippen LogP contribution is -2.45. The van der Waals surface area contributed by atoms with Crippen LogP contribution < -0.4 is 10.6 Å². The lowest BCUT2D eigenvalue weighted by molar-refractivity contribution is 0.0656. The minimum Gasteiger partial charge on any atom is -0.368 e. The maximum Gasteiger partial charge on any atom is 0.194 e. The number of alkyl halides is 1. The summed E-state index contributed by atoms with van der Waals surface area (Å²) in [7, 11) is 0. The quantitative estimate of drug-likeness (QED) is 0.598. The predicted octanol–water partition coefficient (Wildman–Crippen LogP) is 3.73. The predicted molar refractivity (Wildman–Crippen MR) is 98.2 cm³/mol. The Morgan fingerprint density at radius 2 is 1.93 bits per heavy atom. The number of piperidine rings is 1. The van der Waals surface area contributed by atoms with Gasteiger partial charge in [-0.1, -0.05) is 0 Å². The second kappa shape index (κ2) is 8.11. The van der Waals surface area contributed by atoms with Crippen LogP contribution in [-0.2, 0) is 6.54 Å². The van der Waals surface area contributed by atoms with E-state index in [-0.39, 0.29) is 12.5 Å². The van der Waals surface area contributed by atoms with Gasteiger partial charge in [0, 0.05) is 25.2 Å². The second-order valence-electron chi connectivity index (χ2n) is 7.95. The Kier molecular flexibility index (Phi) is 5.57. The number of aromatic nitrogens is 2. The van der Waals surface area contributed by atoms with Crippen LogP contribution in [0.15, 0.2) is 24.7 Å². The maximum atomic E-state index is 14.5. The Hall–Kier alpha value is -2.09. The maximum absolute atomic E-state index is 14.5. The zero-order chi connectivity index (χ0) is 19.7. The lowest BCUT2D eigenvalue weighted by atomic mass is 9.70. The van der Waals surface area contributed by atoms with Gasteiger partial charge in [0.15, 0.2) is 17.5 Å². The van der Waals surface area contributed by atoms with Crippen LogP contribution in [0.1, 0.15) is 24.8 Å². The molecule has 1 aromatic carbocycles. The summed E-state index contributed by atoms with van der Waals surface area (Å²) in [4.78, 5) is 4.22. The van der Waals surface area contributed by atoms with Gasteiger partial charge >= 0.3 is 0 Å². The highest BCUT2D eigenvalue weighted by Crippen LogP contribution is 2.38. The number of nitrogens with one attached hydrogen (secondary N) is 2. The topological polar surface area (TPSA) is 41.9 Å². The molecule has 2 aromatic rings. The molecule has 152 valence electrons. The van der Waals surface area contributed by atoms with Gasteiger partial charge < -0.3 is 15.2 Å². The van der Waals surface area contributed by atoms with E-state index < -0.39 is 23.6 Å². The number of nitrogens with zero attached hydrogens (tertiary/aromatic N) is 2. The van der Waals surface area contributed by atoms with Crippen molar-refractivity contribution in [2.75, 3.05) is 25.0 Å². The minimum absolute atomic E-state index is 0.0372. The van der Waals surface area contributed by atoms with Crippen LogP contribution in [0.4, 0.5) is 23.4 Å². The highest BCUT2D eigenvalue weighted by atomic mass is 19.2. The van der Waals surface area contributed by atoms with Gasteiger partial charge in [-0.25, -0.2) is 22.5 Å². The first-order chi connectivity index (χ1) is 13.5. The Labute approximate surface area is 161 Å². The van der Waals surface area contributed by atoms with Crippen molar-refractivity contribution < 1.29 is 17.6 Å². The first kappa shape index (κ1) is 19.2. The molecule has 0 spiro atoms. The number of benzene rings is 1. The summed E-state index contributed by atoms with van der Waals surface area (Å²) < 4.78 is 55.9. The van der Waals surface area contributed by atoms with Crippen LogP contribution in [0.25, 0.3) is 0 Å². The lowest BCUT2D eigenvalue weighted by Gasteiger charge is -2.41. The Morgan fingerprint density at radius 3 is 2.71 bits per heavy atom. The summed E-state index contributed by atoms with van der Waals surface area (Å²) in [5.41, 5.74) is 0.299. The summed E-state index contributed by atoms with van der Waals surface area (Å²) in [5.74, 6) is -2.32. The van der Waals surface area contributed by atoms with Crippen molar-refractivity contribution in [1.29, 1.82) is 0 Å². The molecule has 0 bridgehead atoms. The molecule has 2 aliphatic rings. The Morgan fingerprint density at radius 1 is 1.14 bits per heavy atom. The minimum atomic E-state index is -1.47. The van der Waals surface area contributed by atoms with Gasteiger partial charge in [-0.3, -0.25) is 0 Å². The van der Waals surface area contributed by atoms with Gasteiger partial charge in [-0.15, -0.1) is 0 Å². The molecule has 1 aliphatic heterocycles. The second-order valence-corrected chi connectivity index (χ2v) is 7.95. The molecule has 0 radical (unpaired) electrons. The molecule has 0 amide bonds. The number of imidazole rings is 1. The van der Waals surface area contributed by atoms with E-state index in [0.29, 0.717) is 36.2 Å². The molecule has 4 rings (SSSR count). The van der Waals surface area contributed by atoms with Gasteiger partial charge in [0.05, 0.1) is 6.33 Å². The molecule has 1 aromatic heterocycles. The number of fused-ring (bicyclic) bond motifs is 1. The Balaban J connectivity index is 1.33. The van der Waals surface area contributed by atoms with Crippen LogP contribution in [0.2, 0.25) is 0 Å². The van der Waals surface area contributed by atoms with E-state index in [9.17, 15) is 17.6 Å². The van der Waals surface area contributed by atoms with Crippen LogP contribution in [0, 0.1) is 35.2 Å². The molecule has 2 fully saturated rings. The zero-order valence-corrected chi connectivity index (χ0v) is 15.5. The van der Waals surface area contributed by atoms with E-state index in [1.807, 2.05) is 0 Å². The van der Waals surface area contributed by atoms with Gasteiger partial charge in [-0.2, -0.15) is 0 Å². The normalized spacial score (nSPS) is 27.4. The van der Waals surface area contributed by atoms with Gasteiger partial charge in [0.25, 0.3) is 0 Å². The van der Waals surface area contributed by atoms with Crippen molar-refractivity contribution in [2.24, 2.45) is 17.8 Å².